The zero-order valence-corrected chi connectivity index (χ0v) is 13.0. The summed E-state index contributed by atoms with van der Waals surface area (Å²) in [7, 11) is 0. The van der Waals surface area contributed by atoms with Gasteiger partial charge in [0.05, 0.1) is 0 Å². The third kappa shape index (κ3) is 3.75. The van der Waals surface area contributed by atoms with E-state index in [1.165, 1.54) is 5.56 Å². The molecule has 20 heavy (non-hydrogen) atoms. The van der Waals surface area contributed by atoms with Gasteiger partial charge in [-0.1, -0.05) is 38.5 Å². The Morgan fingerprint density at radius 3 is 2.20 bits per heavy atom. The van der Waals surface area contributed by atoms with Gasteiger partial charge in [-0.15, -0.1) is 0 Å². The molecule has 1 fully saturated rings. The van der Waals surface area contributed by atoms with Crippen molar-refractivity contribution in [2.75, 3.05) is 13.1 Å². The molecule has 0 saturated carbocycles. The van der Waals surface area contributed by atoms with Gasteiger partial charge in [-0.05, 0) is 19.1 Å². The molecule has 0 unspecified atom stereocenters. The molecular formula is C17H25NO2. The number of aryl methyl sites for hydroxylation is 1. The highest BCUT2D eigenvalue weighted by Crippen LogP contribution is 2.23. The fourth-order valence-electron chi connectivity index (χ4n) is 2.46. The summed E-state index contributed by atoms with van der Waals surface area (Å²) >= 11 is 0. The van der Waals surface area contributed by atoms with Crippen molar-refractivity contribution in [3.05, 3.63) is 29.8 Å². The van der Waals surface area contributed by atoms with Crippen LogP contribution in [0.15, 0.2) is 24.3 Å². The van der Waals surface area contributed by atoms with Crippen LogP contribution < -0.4 is 4.74 Å². The Bertz CT molecular complexity index is 451. The number of carbonyl (C=O) groups excluding carboxylic acids is 1. The standard InChI is InChI=1S/C17H25NO2/c1-13-5-7-14(8-6-13)20-15-9-11-18(12-10-15)16(19)17(2,3)4/h5-8,15H,9-12H2,1-4H3. The van der Waals surface area contributed by atoms with Gasteiger partial charge in [0.25, 0.3) is 0 Å². The van der Waals surface area contributed by atoms with Crippen LogP contribution in [0, 0.1) is 12.3 Å². The highest BCUT2D eigenvalue weighted by Gasteiger charge is 2.30. The van der Waals surface area contributed by atoms with Gasteiger partial charge in [-0.3, -0.25) is 4.79 Å². The number of carbonyl (C=O) groups is 1. The van der Waals surface area contributed by atoms with Crippen molar-refractivity contribution < 1.29 is 9.53 Å². The first kappa shape index (κ1) is 14.9. The Kier molecular flexibility index (Phi) is 4.36. The number of hydrogen-bond donors (Lipinski definition) is 0. The Morgan fingerprint density at radius 2 is 1.70 bits per heavy atom. The van der Waals surface area contributed by atoms with E-state index in [1.807, 2.05) is 37.8 Å². The lowest BCUT2D eigenvalue weighted by Crippen LogP contribution is -2.46. The van der Waals surface area contributed by atoms with Crippen molar-refractivity contribution in [2.24, 2.45) is 5.41 Å². The number of likely N-dealkylation sites (tertiary alicyclic amines) is 1. The summed E-state index contributed by atoms with van der Waals surface area (Å²) < 4.78 is 5.99. The first-order valence-corrected chi connectivity index (χ1v) is 7.39. The van der Waals surface area contributed by atoms with E-state index in [0.717, 1.165) is 31.7 Å². The van der Waals surface area contributed by atoms with Gasteiger partial charge >= 0.3 is 0 Å². The number of ether oxygens (including phenoxy) is 1. The van der Waals surface area contributed by atoms with Crippen molar-refractivity contribution >= 4 is 5.91 Å². The Balaban J connectivity index is 1.85. The van der Waals surface area contributed by atoms with E-state index < -0.39 is 0 Å². The number of benzene rings is 1. The van der Waals surface area contributed by atoms with Crippen LogP contribution in [0.25, 0.3) is 0 Å². The molecule has 110 valence electrons. The molecule has 0 N–H and O–H groups in total. The predicted molar refractivity (Wildman–Crippen MR) is 80.9 cm³/mol. The summed E-state index contributed by atoms with van der Waals surface area (Å²) in [5, 5.41) is 0. The molecule has 1 amide bonds. The predicted octanol–water partition coefficient (Wildman–Crippen LogP) is 3.41. The monoisotopic (exact) mass is 275 g/mol. The number of piperidine rings is 1. The van der Waals surface area contributed by atoms with Gasteiger partial charge in [0.1, 0.15) is 11.9 Å². The molecule has 3 heteroatoms. The second kappa shape index (κ2) is 5.86. The van der Waals surface area contributed by atoms with Crippen molar-refractivity contribution in [3.63, 3.8) is 0 Å². The van der Waals surface area contributed by atoms with E-state index in [-0.39, 0.29) is 17.4 Å². The Hall–Kier alpha value is -1.51. The first-order valence-electron chi connectivity index (χ1n) is 7.39. The Morgan fingerprint density at radius 1 is 1.15 bits per heavy atom. The van der Waals surface area contributed by atoms with Crippen LogP contribution in [-0.2, 0) is 4.79 Å². The summed E-state index contributed by atoms with van der Waals surface area (Å²) in [6.45, 7) is 9.60. The maximum absolute atomic E-state index is 12.2. The van der Waals surface area contributed by atoms with E-state index >= 15 is 0 Å². The highest BCUT2D eigenvalue weighted by molar-refractivity contribution is 5.81. The number of amides is 1. The first-order chi connectivity index (χ1) is 9.36. The minimum atomic E-state index is -0.287. The van der Waals surface area contributed by atoms with Gasteiger partial charge in [0.15, 0.2) is 0 Å². The molecule has 1 aromatic rings. The summed E-state index contributed by atoms with van der Waals surface area (Å²) in [6.07, 6.45) is 2.05. The van der Waals surface area contributed by atoms with Crippen LogP contribution in [0.4, 0.5) is 0 Å². The fourth-order valence-corrected chi connectivity index (χ4v) is 2.46. The summed E-state index contributed by atoms with van der Waals surface area (Å²) in [5.41, 5.74) is 0.952. The van der Waals surface area contributed by atoms with Gasteiger partial charge in [0, 0.05) is 31.3 Å². The van der Waals surface area contributed by atoms with Crippen LogP contribution in [-0.4, -0.2) is 30.0 Å². The number of nitrogens with zero attached hydrogens (tertiary/aromatic N) is 1. The van der Waals surface area contributed by atoms with Gasteiger partial charge < -0.3 is 9.64 Å². The quantitative estimate of drug-likeness (QED) is 0.827. The average Bonchev–Trinajstić information content (AvgIpc) is 2.40. The molecule has 0 aromatic heterocycles. The molecule has 1 aliphatic heterocycles. The SMILES string of the molecule is Cc1ccc(OC2CCN(C(=O)C(C)(C)C)CC2)cc1. The Labute approximate surface area is 121 Å². The van der Waals surface area contributed by atoms with Crippen LogP contribution >= 0.6 is 0 Å². The second-order valence-electron chi connectivity index (χ2n) is 6.67. The van der Waals surface area contributed by atoms with Crippen molar-refractivity contribution in [2.45, 2.75) is 46.6 Å². The summed E-state index contributed by atoms with van der Waals surface area (Å²) in [4.78, 5) is 14.2. The molecule has 1 aliphatic rings. The lowest BCUT2D eigenvalue weighted by molar-refractivity contribution is -0.141. The molecule has 3 nitrogen and oxygen atoms in total. The van der Waals surface area contributed by atoms with E-state index in [1.54, 1.807) is 0 Å². The van der Waals surface area contributed by atoms with Crippen LogP contribution in [0.2, 0.25) is 0 Å². The second-order valence-corrected chi connectivity index (χ2v) is 6.67. The lowest BCUT2D eigenvalue weighted by Gasteiger charge is -2.35. The molecule has 1 heterocycles. The zero-order chi connectivity index (χ0) is 14.8. The van der Waals surface area contributed by atoms with Gasteiger partial charge in [-0.25, -0.2) is 0 Å². The summed E-state index contributed by atoms with van der Waals surface area (Å²) in [6, 6.07) is 8.16. The fraction of sp³-hybridized carbons (Fsp3) is 0.588. The van der Waals surface area contributed by atoms with Gasteiger partial charge in [0.2, 0.25) is 5.91 Å². The van der Waals surface area contributed by atoms with Crippen molar-refractivity contribution in [3.8, 4) is 5.75 Å². The van der Waals surface area contributed by atoms with Crippen LogP contribution in [0.1, 0.15) is 39.2 Å². The van der Waals surface area contributed by atoms with Crippen LogP contribution in [0.3, 0.4) is 0 Å². The largest absolute Gasteiger partial charge is 0.490 e. The van der Waals surface area contributed by atoms with Crippen molar-refractivity contribution in [1.29, 1.82) is 0 Å². The molecule has 0 aliphatic carbocycles. The molecule has 0 radical (unpaired) electrons. The maximum Gasteiger partial charge on any atom is 0.227 e. The van der Waals surface area contributed by atoms with Gasteiger partial charge in [-0.2, -0.15) is 0 Å². The van der Waals surface area contributed by atoms with E-state index in [9.17, 15) is 4.79 Å². The molecule has 1 aromatic carbocycles. The zero-order valence-electron chi connectivity index (χ0n) is 13.0. The summed E-state index contributed by atoms with van der Waals surface area (Å²) in [5.74, 6) is 1.17. The normalized spacial score (nSPS) is 17.1. The van der Waals surface area contributed by atoms with E-state index in [2.05, 4.69) is 19.1 Å². The lowest BCUT2D eigenvalue weighted by atomic mass is 9.93. The minimum absolute atomic E-state index is 0.224. The maximum atomic E-state index is 12.2. The van der Waals surface area contributed by atoms with Crippen LogP contribution in [0.5, 0.6) is 5.75 Å². The smallest absolute Gasteiger partial charge is 0.227 e. The van der Waals surface area contributed by atoms with E-state index in [4.69, 9.17) is 4.74 Å². The van der Waals surface area contributed by atoms with Crippen molar-refractivity contribution in [1.82, 2.24) is 4.90 Å². The number of rotatable bonds is 2. The third-order valence-electron chi connectivity index (χ3n) is 3.69. The third-order valence-corrected chi connectivity index (χ3v) is 3.69. The average molecular weight is 275 g/mol. The molecule has 0 atom stereocenters. The number of hydrogen-bond acceptors (Lipinski definition) is 2. The van der Waals surface area contributed by atoms with E-state index in [0.29, 0.717) is 0 Å². The highest BCUT2D eigenvalue weighted by atomic mass is 16.5. The molecular weight excluding hydrogens is 250 g/mol. The minimum Gasteiger partial charge on any atom is -0.490 e. The topological polar surface area (TPSA) is 29.5 Å². The molecule has 2 rings (SSSR count). The molecule has 0 spiro atoms. The molecule has 1 saturated heterocycles. The molecule has 0 bridgehead atoms.